The molecule has 1 aromatic carbocycles. The zero-order chi connectivity index (χ0) is 14.4. The summed E-state index contributed by atoms with van der Waals surface area (Å²) >= 11 is 3.31. The molecular formula is C12H17BrN2O3S. The van der Waals surface area contributed by atoms with Gasteiger partial charge in [-0.05, 0) is 25.1 Å². The summed E-state index contributed by atoms with van der Waals surface area (Å²) in [7, 11) is -0.829. The lowest BCUT2D eigenvalue weighted by atomic mass is 10.2. The third-order valence-electron chi connectivity index (χ3n) is 2.85. The summed E-state index contributed by atoms with van der Waals surface area (Å²) in [4.78, 5) is 10.5. The Balaban J connectivity index is 2.55. The van der Waals surface area contributed by atoms with E-state index in [9.17, 15) is 14.3 Å². The van der Waals surface area contributed by atoms with Crippen molar-refractivity contribution in [3.8, 4) is 0 Å². The van der Waals surface area contributed by atoms with Crippen molar-refractivity contribution in [3.63, 3.8) is 0 Å². The highest BCUT2D eigenvalue weighted by atomic mass is 79.9. The van der Waals surface area contributed by atoms with Gasteiger partial charge in [-0.2, -0.15) is 0 Å². The fourth-order valence-corrected chi connectivity index (χ4v) is 2.43. The summed E-state index contributed by atoms with van der Waals surface area (Å²) in [6.45, 7) is 3.04. The average molecular weight is 349 g/mol. The molecule has 0 saturated carbocycles. The van der Waals surface area contributed by atoms with Gasteiger partial charge in [-0.15, -0.1) is 0 Å². The molecule has 0 radical (unpaired) electrons. The van der Waals surface area contributed by atoms with Crippen LogP contribution in [0.25, 0.3) is 0 Å². The van der Waals surface area contributed by atoms with E-state index >= 15 is 0 Å². The minimum Gasteiger partial charge on any atom is -0.312 e. The van der Waals surface area contributed by atoms with Crippen LogP contribution in [-0.4, -0.2) is 27.2 Å². The van der Waals surface area contributed by atoms with Gasteiger partial charge in [0.05, 0.1) is 4.92 Å². The minimum absolute atomic E-state index is 0.114. The van der Waals surface area contributed by atoms with E-state index in [2.05, 4.69) is 21.2 Å². The lowest BCUT2D eigenvalue weighted by Crippen LogP contribution is -2.21. The fourth-order valence-electron chi connectivity index (χ4n) is 1.57. The van der Waals surface area contributed by atoms with Gasteiger partial charge in [-0.25, -0.2) is 0 Å². The quantitative estimate of drug-likeness (QED) is 0.467. The maximum absolute atomic E-state index is 11.2. The monoisotopic (exact) mass is 348 g/mol. The number of rotatable bonds is 7. The first kappa shape index (κ1) is 16.3. The summed E-state index contributed by atoms with van der Waals surface area (Å²) in [5, 5.41) is 14.2. The second-order valence-electron chi connectivity index (χ2n) is 4.30. The molecule has 2 atom stereocenters. The van der Waals surface area contributed by atoms with Crippen LogP contribution in [0, 0.1) is 10.1 Å². The molecular weight excluding hydrogens is 332 g/mol. The molecule has 7 heteroatoms. The van der Waals surface area contributed by atoms with Crippen LogP contribution < -0.4 is 5.32 Å². The van der Waals surface area contributed by atoms with E-state index in [0.717, 1.165) is 10.9 Å². The van der Waals surface area contributed by atoms with Crippen molar-refractivity contribution in [1.29, 1.82) is 0 Å². The third kappa shape index (κ3) is 5.38. The Kier molecular flexibility index (Phi) is 6.60. The molecule has 106 valence electrons. The average Bonchev–Trinajstić information content (AvgIpc) is 2.33. The third-order valence-corrected chi connectivity index (χ3v) is 4.71. The zero-order valence-electron chi connectivity index (χ0n) is 10.9. The normalized spacial score (nSPS) is 14.1. The van der Waals surface area contributed by atoms with Crippen LogP contribution in [0.5, 0.6) is 0 Å². The van der Waals surface area contributed by atoms with Gasteiger partial charge in [-0.3, -0.25) is 14.3 Å². The summed E-state index contributed by atoms with van der Waals surface area (Å²) < 4.78 is 12.0. The Labute approximate surface area is 123 Å². The van der Waals surface area contributed by atoms with E-state index < -0.39 is 10.8 Å². The van der Waals surface area contributed by atoms with Crippen molar-refractivity contribution in [2.24, 2.45) is 0 Å². The van der Waals surface area contributed by atoms with Gasteiger partial charge < -0.3 is 5.32 Å². The molecule has 2 unspecified atom stereocenters. The molecule has 1 N–H and O–H groups in total. The number of nitrogens with one attached hydrogen (secondary N) is 1. The van der Waals surface area contributed by atoms with E-state index in [1.54, 1.807) is 18.4 Å². The highest BCUT2D eigenvalue weighted by molar-refractivity contribution is 9.10. The van der Waals surface area contributed by atoms with Gasteiger partial charge in [0.25, 0.3) is 5.69 Å². The number of hydrogen-bond donors (Lipinski definition) is 1. The van der Waals surface area contributed by atoms with Crippen molar-refractivity contribution in [2.75, 3.05) is 12.8 Å². The molecule has 0 aliphatic heterocycles. The highest BCUT2D eigenvalue weighted by Gasteiger charge is 2.13. The van der Waals surface area contributed by atoms with Gasteiger partial charge in [0.1, 0.15) is 0 Å². The van der Waals surface area contributed by atoms with Crippen LogP contribution in [0.2, 0.25) is 0 Å². The highest BCUT2D eigenvalue weighted by Crippen LogP contribution is 2.22. The maximum atomic E-state index is 11.2. The summed E-state index contributed by atoms with van der Waals surface area (Å²) in [6.07, 6.45) is 2.47. The molecule has 1 rings (SSSR count). The van der Waals surface area contributed by atoms with E-state index in [4.69, 9.17) is 0 Å². The molecule has 0 aromatic heterocycles. The van der Waals surface area contributed by atoms with E-state index in [0.29, 0.717) is 18.7 Å². The molecule has 0 spiro atoms. The largest absolute Gasteiger partial charge is 0.312 e. The van der Waals surface area contributed by atoms with Crippen LogP contribution in [0.1, 0.15) is 18.9 Å². The first-order chi connectivity index (χ1) is 8.91. The van der Waals surface area contributed by atoms with Crippen LogP contribution in [0.3, 0.4) is 0 Å². The minimum atomic E-state index is -0.829. The Hall–Kier alpha value is -0.790. The van der Waals surface area contributed by atoms with E-state index in [1.165, 1.54) is 6.07 Å². The molecule has 0 aliphatic carbocycles. The number of hydrogen-bond acceptors (Lipinski definition) is 4. The molecule has 0 heterocycles. The van der Waals surface area contributed by atoms with Gasteiger partial charge in [0.15, 0.2) is 0 Å². The number of nitro groups is 1. The molecule has 0 saturated heterocycles. The molecule has 1 aromatic rings. The van der Waals surface area contributed by atoms with Crippen molar-refractivity contribution in [1.82, 2.24) is 5.32 Å². The predicted molar refractivity (Wildman–Crippen MR) is 80.6 cm³/mol. The van der Waals surface area contributed by atoms with E-state index in [-0.39, 0.29) is 15.9 Å². The lowest BCUT2D eigenvalue weighted by molar-refractivity contribution is -0.385. The van der Waals surface area contributed by atoms with Gasteiger partial charge in [-0.1, -0.05) is 22.9 Å². The summed E-state index contributed by atoms with van der Waals surface area (Å²) in [5.74, 6) is 0. The van der Waals surface area contributed by atoms with Crippen molar-refractivity contribution in [3.05, 3.63) is 38.3 Å². The van der Waals surface area contributed by atoms with Crippen LogP contribution in [-0.2, 0) is 17.3 Å². The van der Waals surface area contributed by atoms with Crippen molar-refractivity contribution >= 4 is 32.4 Å². The Bertz CT molecular complexity index is 482. The lowest BCUT2D eigenvalue weighted by Gasteiger charge is -2.09. The molecule has 19 heavy (non-hydrogen) atoms. The van der Waals surface area contributed by atoms with Crippen LogP contribution in [0.15, 0.2) is 22.7 Å². The Morgan fingerprint density at radius 3 is 2.79 bits per heavy atom. The van der Waals surface area contributed by atoms with Gasteiger partial charge >= 0.3 is 0 Å². The maximum Gasteiger partial charge on any atom is 0.273 e. The molecule has 0 aliphatic rings. The fraction of sp³-hybridized carbons (Fsp3) is 0.500. The number of benzene rings is 1. The second-order valence-corrected chi connectivity index (χ2v) is 7.02. The molecule has 0 fully saturated rings. The van der Waals surface area contributed by atoms with Crippen molar-refractivity contribution in [2.45, 2.75) is 25.1 Å². The molecule has 0 amide bonds. The zero-order valence-corrected chi connectivity index (χ0v) is 13.3. The smallest absolute Gasteiger partial charge is 0.273 e. The van der Waals surface area contributed by atoms with Crippen molar-refractivity contribution < 1.29 is 9.13 Å². The van der Waals surface area contributed by atoms with Crippen LogP contribution >= 0.6 is 15.9 Å². The van der Waals surface area contributed by atoms with Crippen LogP contribution in [0.4, 0.5) is 5.69 Å². The SMILES string of the molecule is CC(CCNCc1cc(Br)ccc1[N+](=O)[O-])S(C)=O. The summed E-state index contributed by atoms with van der Waals surface area (Å²) in [6, 6.07) is 4.89. The second kappa shape index (κ2) is 7.72. The first-order valence-electron chi connectivity index (χ1n) is 5.87. The van der Waals surface area contributed by atoms with Gasteiger partial charge in [0, 0.05) is 45.0 Å². The first-order valence-corrected chi connectivity index (χ1v) is 8.29. The Morgan fingerprint density at radius 1 is 1.53 bits per heavy atom. The topological polar surface area (TPSA) is 72.2 Å². The molecule has 5 nitrogen and oxygen atoms in total. The molecule has 0 bridgehead atoms. The van der Waals surface area contributed by atoms with Gasteiger partial charge in [0.2, 0.25) is 0 Å². The number of nitro benzene ring substituents is 1. The van der Waals surface area contributed by atoms with E-state index in [1.807, 2.05) is 6.92 Å². The Morgan fingerprint density at radius 2 is 2.21 bits per heavy atom. The number of halogens is 1. The number of nitrogens with zero attached hydrogens (tertiary/aromatic N) is 1. The standard InChI is InChI=1S/C12H17BrN2O3S/c1-9(19(2)18)5-6-14-8-10-7-11(13)3-4-12(10)15(16)17/h3-4,7,9,14H,5-6,8H2,1-2H3. The predicted octanol–water partition coefficient (Wildman–Crippen LogP) is 2.60. The summed E-state index contributed by atoms with van der Waals surface area (Å²) in [5.41, 5.74) is 0.757.